The minimum atomic E-state index is -0.341. The second-order valence-electron chi connectivity index (χ2n) is 13.9. The lowest BCUT2D eigenvalue weighted by molar-refractivity contribution is 0.0355. The third kappa shape index (κ3) is 5.28. The van der Waals surface area contributed by atoms with Crippen molar-refractivity contribution in [3.05, 3.63) is 53.3 Å². The summed E-state index contributed by atoms with van der Waals surface area (Å²) in [5.74, 6) is 3.02. The Hall–Kier alpha value is -2.84. The number of hydrogen-bond acceptors (Lipinski definition) is 7. The number of hydrogen-bond donors (Lipinski definition) is 4. The van der Waals surface area contributed by atoms with Crippen LogP contribution in [-0.4, -0.2) is 68.2 Å². The molecule has 40 heavy (non-hydrogen) atoms. The van der Waals surface area contributed by atoms with Gasteiger partial charge in [0, 0.05) is 36.8 Å². The van der Waals surface area contributed by atoms with Gasteiger partial charge in [-0.2, -0.15) is 0 Å². The molecule has 8 heteroatoms. The molecular weight excluding hydrogens is 498 g/mol. The van der Waals surface area contributed by atoms with Crippen LogP contribution in [0.3, 0.4) is 0 Å². The van der Waals surface area contributed by atoms with Gasteiger partial charge < -0.3 is 26.0 Å². The number of aromatic amines is 1. The number of aliphatic imine (C=N–C) groups is 1. The largest absolute Gasteiger partial charge is 0.391 e. The second-order valence-corrected chi connectivity index (χ2v) is 13.9. The normalized spacial score (nSPS) is 30.1. The minimum Gasteiger partial charge on any atom is -0.391 e. The summed E-state index contributed by atoms with van der Waals surface area (Å²) in [5, 5.41) is 14.0. The van der Waals surface area contributed by atoms with Crippen LogP contribution in [-0.2, 0) is 11.8 Å². The van der Waals surface area contributed by atoms with E-state index in [1.165, 1.54) is 24.8 Å². The van der Waals surface area contributed by atoms with E-state index >= 15 is 0 Å². The van der Waals surface area contributed by atoms with Crippen molar-refractivity contribution in [2.24, 2.45) is 22.6 Å². The predicted octanol–water partition coefficient (Wildman–Crippen LogP) is 4.38. The number of nitrogens with zero attached hydrogens (tertiary/aromatic N) is 4. The van der Waals surface area contributed by atoms with Gasteiger partial charge in [0.05, 0.1) is 29.5 Å². The Labute approximate surface area is 238 Å². The highest BCUT2D eigenvalue weighted by molar-refractivity contribution is 5.76. The summed E-state index contributed by atoms with van der Waals surface area (Å²) in [7, 11) is 0. The molecule has 5 N–H and O–H groups in total. The zero-order chi connectivity index (χ0) is 28.2. The van der Waals surface area contributed by atoms with Crippen molar-refractivity contribution in [2.45, 2.75) is 109 Å². The Morgan fingerprint density at radius 1 is 1.15 bits per heavy atom. The lowest BCUT2D eigenvalue weighted by Crippen LogP contribution is -2.49. The zero-order valence-corrected chi connectivity index (χ0v) is 24.8. The van der Waals surface area contributed by atoms with Crippen molar-refractivity contribution in [3.63, 3.8) is 0 Å². The summed E-state index contributed by atoms with van der Waals surface area (Å²) >= 11 is 0. The molecule has 0 saturated heterocycles. The first kappa shape index (κ1) is 27.3. The molecule has 2 aromatic rings. The van der Waals surface area contributed by atoms with Gasteiger partial charge in [0.1, 0.15) is 11.6 Å². The van der Waals surface area contributed by atoms with E-state index in [1.807, 2.05) is 6.08 Å². The molecule has 216 valence electrons. The monoisotopic (exact) mass is 545 g/mol. The highest BCUT2D eigenvalue weighted by atomic mass is 16.3. The van der Waals surface area contributed by atoms with E-state index in [9.17, 15) is 5.11 Å². The number of nitrogens with two attached hydrogens (primary N) is 1. The van der Waals surface area contributed by atoms with Gasteiger partial charge in [0.25, 0.3) is 0 Å². The molecule has 1 unspecified atom stereocenters. The summed E-state index contributed by atoms with van der Waals surface area (Å²) in [6, 6.07) is 7.86. The summed E-state index contributed by atoms with van der Waals surface area (Å²) in [4.78, 5) is 18.0. The molecule has 3 heterocycles. The maximum Gasteiger partial charge on any atom is 0.152 e. The molecule has 6 rings (SSSR count). The second kappa shape index (κ2) is 10.5. The number of benzene rings is 1. The van der Waals surface area contributed by atoms with Crippen LogP contribution in [0.1, 0.15) is 78.1 Å². The average Bonchev–Trinajstić information content (AvgIpc) is 3.57. The van der Waals surface area contributed by atoms with E-state index in [0.29, 0.717) is 23.8 Å². The van der Waals surface area contributed by atoms with E-state index in [1.54, 1.807) is 6.34 Å². The van der Waals surface area contributed by atoms with Crippen molar-refractivity contribution >= 4 is 17.4 Å². The number of nitrogens with one attached hydrogen (secondary N) is 2. The van der Waals surface area contributed by atoms with Crippen LogP contribution in [0.5, 0.6) is 0 Å². The van der Waals surface area contributed by atoms with E-state index < -0.39 is 0 Å². The van der Waals surface area contributed by atoms with Gasteiger partial charge in [0.2, 0.25) is 0 Å². The van der Waals surface area contributed by atoms with E-state index in [-0.39, 0.29) is 23.7 Å². The summed E-state index contributed by atoms with van der Waals surface area (Å²) in [5.41, 5.74) is 10.8. The van der Waals surface area contributed by atoms with Crippen LogP contribution in [0.4, 0.5) is 0 Å². The first-order valence-corrected chi connectivity index (χ1v) is 15.2. The van der Waals surface area contributed by atoms with Gasteiger partial charge in [-0.15, -0.1) is 0 Å². The lowest BCUT2D eigenvalue weighted by atomic mass is 9.76. The smallest absolute Gasteiger partial charge is 0.152 e. The maximum absolute atomic E-state index is 11.0. The Bertz CT molecular complexity index is 1310. The van der Waals surface area contributed by atoms with Crippen molar-refractivity contribution in [2.75, 3.05) is 6.54 Å². The average molecular weight is 546 g/mol. The third-order valence-electron chi connectivity index (χ3n) is 9.71. The van der Waals surface area contributed by atoms with E-state index in [4.69, 9.17) is 10.7 Å². The predicted molar refractivity (Wildman–Crippen MR) is 162 cm³/mol. The molecule has 0 amide bonds. The van der Waals surface area contributed by atoms with Crippen LogP contribution in [0.25, 0.3) is 11.0 Å². The number of H-pyrrole nitrogens is 1. The quantitative estimate of drug-likeness (QED) is 0.392. The Kier molecular flexibility index (Phi) is 7.20. The van der Waals surface area contributed by atoms with Gasteiger partial charge >= 0.3 is 0 Å². The molecule has 1 aromatic heterocycles. The molecule has 4 aliphatic rings. The molecule has 4 atom stereocenters. The Balaban J connectivity index is 1.01. The number of aryl methyl sites for hydroxylation is 1. The van der Waals surface area contributed by atoms with E-state index in [0.717, 1.165) is 54.2 Å². The summed E-state index contributed by atoms with van der Waals surface area (Å²) < 4.78 is 0. The first-order chi connectivity index (χ1) is 19.1. The van der Waals surface area contributed by atoms with Gasteiger partial charge in [-0.3, -0.25) is 4.90 Å². The summed E-state index contributed by atoms with van der Waals surface area (Å²) in [6.07, 6.45) is 11.9. The van der Waals surface area contributed by atoms with Gasteiger partial charge in [-0.1, -0.05) is 26.8 Å². The number of rotatable bonds is 8. The fraction of sp³-hybridized carbons (Fsp3) is 0.625. The van der Waals surface area contributed by atoms with Gasteiger partial charge in [-0.05, 0) is 87.0 Å². The topological polar surface area (TPSA) is 106 Å². The maximum atomic E-state index is 11.0. The molecule has 0 radical (unpaired) electrons. The number of imidazole rings is 1. The van der Waals surface area contributed by atoms with E-state index in [2.05, 4.69) is 84.1 Å². The van der Waals surface area contributed by atoms with Crippen LogP contribution in [0, 0.1) is 11.8 Å². The first-order valence-electron chi connectivity index (χ1n) is 15.2. The van der Waals surface area contributed by atoms with Crippen LogP contribution in [0.2, 0.25) is 0 Å². The minimum absolute atomic E-state index is 0.0817. The van der Waals surface area contributed by atoms with Crippen LogP contribution >= 0.6 is 0 Å². The molecule has 2 fully saturated rings. The number of aliphatic hydroxyl groups excluding tert-OH is 1. The summed E-state index contributed by atoms with van der Waals surface area (Å²) in [6.45, 7) is 12.5. The molecular formula is C32H47N7O. The Morgan fingerprint density at radius 3 is 2.70 bits per heavy atom. The van der Waals surface area contributed by atoms with Gasteiger partial charge in [0.15, 0.2) is 6.17 Å². The van der Waals surface area contributed by atoms with Crippen molar-refractivity contribution in [1.82, 2.24) is 25.1 Å². The number of aliphatic hydroxyl groups is 1. The fourth-order valence-electron chi connectivity index (χ4n) is 7.27. The number of fused-ring (bicyclic) bond motifs is 2. The number of aromatic nitrogens is 2. The molecule has 2 saturated carbocycles. The van der Waals surface area contributed by atoms with Gasteiger partial charge in [-0.25, -0.2) is 9.98 Å². The Morgan fingerprint density at radius 2 is 1.95 bits per heavy atom. The highest BCUT2D eigenvalue weighted by Gasteiger charge is 2.43. The molecule has 8 nitrogen and oxygen atoms in total. The third-order valence-corrected chi connectivity index (χ3v) is 9.71. The van der Waals surface area contributed by atoms with Crippen molar-refractivity contribution < 1.29 is 5.11 Å². The standard InChI is InChI=1S/C32H47N7O/c1-19(2)39(17-21-14-27(28(40)15-21)38-11-10-24-30(33)34-18-35-31(24)38)23-12-20(13-23)6-9-29-36-25-8-7-22(32(3,4)5)16-26(25)37-29/h7-8,10-11,16,18-21,23,27-28,31,40H,6,9,12-15,17,33H2,1-5H3,(H,34,35)(H,36,37)/t20?,21-,23?,27+,28+,31?/m0/s1. The van der Waals surface area contributed by atoms with Crippen molar-refractivity contribution in [1.29, 1.82) is 0 Å². The van der Waals surface area contributed by atoms with Crippen molar-refractivity contribution in [3.8, 4) is 0 Å². The molecule has 1 aromatic carbocycles. The lowest BCUT2D eigenvalue weighted by Gasteiger charge is -2.46. The SMILES string of the molecule is CC(C)N(C[C@@H]1C[C@@H](O)[C@H](N2C=CC3=C(N)NC=NC32)C1)C1CC(CCc2nc3ccc(C(C)(C)C)cc3[nH]2)C1. The molecule has 2 aliphatic heterocycles. The van der Waals surface area contributed by atoms with Crippen LogP contribution < -0.4 is 11.1 Å². The zero-order valence-electron chi connectivity index (χ0n) is 24.8. The highest BCUT2D eigenvalue weighted by Crippen LogP contribution is 2.40. The molecule has 0 spiro atoms. The van der Waals surface area contributed by atoms with Crippen LogP contribution in [0.15, 0.2) is 46.9 Å². The molecule has 2 aliphatic carbocycles. The molecule has 0 bridgehead atoms. The fourth-order valence-corrected chi connectivity index (χ4v) is 7.27.